The minimum Gasteiger partial charge on any atom is -0.741 e. The second-order valence-electron chi connectivity index (χ2n) is 6.26. The number of carbonyl (C=O) groups is 1. The molecular formula is C14H21F3O4S2Si. The molecule has 4 nitrogen and oxygen atoms in total. The number of benzene rings is 1. The summed E-state index contributed by atoms with van der Waals surface area (Å²) in [6, 6.07) is 9.71. The van der Waals surface area contributed by atoms with E-state index in [-0.39, 0.29) is 15.8 Å². The van der Waals surface area contributed by atoms with Crippen LogP contribution in [0.25, 0.3) is 0 Å². The van der Waals surface area contributed by atoms with Gasteiger partial charge in [0.05, 0.1) is 12.5 Å². The summed E-state index contributed by atoms with van der Waals surface area (Å²) in [5.74, 6) is 0.341. The van der Waals surface area contributed by atoms with E-state index < -0.39 is 23.7 Å². The Balaban J connectivity index is 0.000000561. The molecule has 1 unspecified atom stereocenters. The first-order chi connectivity index (χ1) is 10.6. The second-order valence-corrected chi connectivity index (χ2v) is 15.6. The van der Waals surface area contributed by atoms with E-state index in [1.165, 1.54) is 0 Å². The van der Waals surface area contributed by atoms with Gasteiger partial charge in [-0.2, -0.15) is 13.2 Å². The topological polar surface area (TPSA) is 74.3 Å². The second kappa shape index (κ2) is 8.50. The average Bonchev–Trinajstić information content (AvgIpc) is 2.35. The van der Waals surface area contributed by atoms with Gasteiger partial charge in [0.1, 0.15) is 8.07 Å². The molecule has 0 fully saturated rings. The number of Topliss-reactive ketones (excluding diaryl/α,β-unsaturated/α-hetero) is 1. The first-order valence-corrected chi connectivity index (χ1v) is 13.9. The van der Waals surface area contributed by atoms with Crippen molar-refractivity contribution in [3.8, 4) is 0 Å². The Bertz CT molecular complexity index is 638. The number of hydrogen-bond donors (Lipinski definition) is 0. The van der Waals surface area contributed by atoms with E-state index in [1.54, 1.807) is 0 Å². The van der Waals surface area contributed by atoms with Crippen LogP contribution >= 0.6 is 0 Å². The Kier molecular flexibility index (Phi) is 8.20. The van der Waals surface area contributed by atoms with Gasteiger partial charge in [0, 0.05) is 5.56 Å². The van der Waals surface area contributed by atoms with Crippen LogP contribution in [0.15, 0.2) is 30.3 Å². The quantitative estimate of drug-likeness (QED) is 0.255. The van der Waals surface area contributed by atoms with E-state index in [2.05, 4.69) is 32.2 Å². The third-order valence-corrected chi connectivity index (χ3v) is 9.93. The largest absolute Gasteiger partial charge is 0.741 e. The fourth-order valence-corrected chi connectivity index (χ4v) is 9.24. The van der Waals surface area contributed by atoms with Gasteiger partial charge in [-0.25, -0.2) is 8.42 Å². The zero-order chi connectivity index (χ0) is 19.3. The molecule has 0 aliphatic carbocycles. The summed E-state index contributed by atoms with van der Waals surface area (Å²) in [4.78, 5) is 12.7. The minimum atomic E-state index is -6.09. The summed E-state index contributed by atoms with van der Waals surface area (Å²) in [6.45, 7) is 6.85. The number of ketones is 1. The highest BCUT2D eigenvalue weighted by Crippen LogP contribution is 2.21. The molecule has 0 radical (unpaired) electrons. The van der Waals surface area contributed by atoms with Gasteiger partial charge in [-0.3, -0.25) is 4.79 Å². The summed E-state index contributed by atoms with van der Waals surface area (Å²) < 4.78 is 58.9. The molecule has 1 rings (SSSR count). The van der Waals surface area contributed by atoms with Crippen molar-refractivity contribution in [2.75, 3.05) is 12.5 Å². The lowest BCUT2D eigenvalue weighted by molar-refractivity contribution is -0.0517. The third kappa shape index (κ3) is 7.37. The summed E-state index contributed by atoms with van der Waals surface area (Å²) in [6.07, 6.45) is 4.37. The highest BCUT2D eigenvalue weighted by Gasteiger charge is 2.42. The van der Waals surface area contributed by atoms with E-state index in [9.17, 15) is 18.0 Å². The molecule has 10 heteroatoms. The minimum absolute atomic E-state index is 0.159. The van der Waals surface area contributed by atoms with E-state index in [0.29, 0.717) is 5.78 Å². The lowest BCUT2D eigenvalue weighted by atomic mass is 10.1. The van der Waals surface area contributed by atoms with Crippen molar-refractivity contribution in [2.24, 2.45) is 0 Å². The SMILES string of the molecule is C[S+](C)C(C(=O)c1ccccc1)[Si](C)(C)C.O=S(=O)([O-])C(F)(F)F. The van der Waals surface area contributed by atoms with Gasteiger partial charge in [-0.15, -0.1) is 0 Å². The monoisotopic (exact) mass is 402 g/mol. The van der Waals surface area contributed by atoms with Crippen LogP contribution in [-0.2, 0) is 21.0 Å². The van der Waals surface area contributed by atoms with Gasteiger partial charge in [0.15, 0.2) is 15.0 Å². The number of rotatable bonds is 4. The van der Waals surface area contributed by atoms with Crippen LogP contribution in [0.3, 0.4) is 0 Å². The molecule has 138 valence electrons. The summed E-state index contributed by atoms with van der Waals surface area (Å²) >= 11 is 0. The predicted molar refractivity (Wildman–Crippen MR) is 92.9 cm³/mol. The fraction of sp³-hybridized carbons (Fsp3) is 0.500. The lowest BCUT2D eigenvalue weighted by Gasteiger charge is -2.24. The molecule has 24 heavy (non-hydrogen) atoms. The summed E-state index contributed by atoms with van der Waals surface area (Å²) in [7, 11) is -7.36. The molecule has 1 aromatic rings. The molecular weight excluding hydrogens is 381 g/mol. The normalized spacial score (nSPS) is 13.9. The van der Waals surface area contributed by atoms with Gasteiger partial charge < -0.3 is 4.55 Å². The Morgan fingerprint density at radius 3 is 1.75 bits per heavy atom. The van der Waals surface area contributed by atoms with Crippen molar-refractivity contribution in [3.05, 3.63) is 35.9 Å². The van der Waals surface area contributed by atoms with Crippen molar-refractivity contribution < 1.29 is 30.9 Å². The Hall–Kier alpha value is -0.843. The maximum Gasteiger partial charge on any atom is 0.485 e. The van der Waals surface area contributed by atoms with Crippen LogP contribution in [0.4, 0.5) is 13.2 Å². The molecule has 0 saturated carbocycles. The molecule has 0 aromatic heterocycles. The van der Waals surface area contributed by atoms with Gasteiger partial charge in [0.25, 0.3) is 0 Å². The molecule has 1 aromatic carbocycles. The van der Waals surface area contributed by atoms with Crippen LogP contribution in [0, 0.1) is 0 Å². The molecule has 0 spiro atoms. The maximum atomic E-state index is 12.5. The Morgan fingerprint density at radius 2 is 1.50 bits per heavy atom. The molecule has 0 bridgehead atoms. The average molecular weight is 403 g/mol. The Morgan fingerprint density at radius 1 is 1.12 bits per heavy atom. The third-order valence-electron chi connectivity index (χ3n) is 2.84. The summed E-state index contributed by atoms with van der Waals surface area (Å²) in [5.41, 5.74) is -4.77. The molecule has 0 amide bonds. The molecule has 0 heterocycles. The number of alkyl halides is 3. The standard InChI is InChI=1S/C13H21OSSi.CHF3O3S/c1-15(2)13(16(3,4)5)12(14)11-9-7-6-8-10-11;2-1(3,4)8(5,6)7/h6-10,13H,1-5H3;(H,5,6,7)/q+1;/p-1. The van der Waals surface area contributed by atoms with Crippen LogP contribution in [-0.4, -0.2) is 49.7 Å². The van der Waals surface area contributed by atoms with E-state index in [4.69, 9.17) is 13.0 Å². The van der Waals surface area contributed by atoms with Gasteiger partial charge >= 0.3 is 5.51 Å². The molecule has 0 saturated heterocycles. The number of hydrogen-bond acceptors (Lipinski definition) is 4. The van der Waals surface area contributed by atoms with E-state index >= 15 is 0 Å². The van der Waals surface area contributed by atoms with E-state index in [0.717, 1.165) is 5.56 Å². The highest BCUT2D eigenvalue weighted by molar-refractivity contribution is 7.98. The van der Waals surface area contributed by atoms with Gasteiger partial charge in [-0.05, 0) is 10.9 Å². The van der Waals surface area contributed by atoms with Crippen molar-refractivity contribution in [3.63, 3.8) is 0 Å². The maximum absolute atomic E-state index is 12.5. The van der Waals surface area contributed by atoms with Crippen molar-refractivity contribution >= 4 is 34.9 Å². The Labute approximate surface area is 144 Å². The van der Waals surface area contributed by atoms with Crippen LogP contribution in [0.2, 0.25) is 19.6 Å². The molecule has 1 atom stereocenters. The van der Waals surface area contributed by atoms with Crippen LogP contribution < -0.4 is 0 Å². The van der Waals surface area contributed by atoms with Crippen molar-refractivity contribution in [2.45, 2.75) is 30.0 Å². The fourth-order valence-electron chi connectivity index (χ4n) is 2.07. The first-order valence-electron chi connectivity index (χ1n) is 6.77. The van der Waals surface area contributed by atoms with Gasteiger partial charge in [0.2, 0.25) is 5.78 Å². The highest BCUT2D eigenvalue weighted by atomic mass is 32.2. The zero-order valence-electron chi connectivity index (χ0n) is 14.0. The summed E-state index contributed by atoms with van der Waals surface area (Å²) in [5, 5.41) is 0. The zero-order valence-corrected chi connectivity index (χ0v) is 16.7. The van der Waals surface area contributed by atoms with Crippen LogP contribution in [0.5, 0.6) is 0 Å². The molecule has 0 aliphatic rings. The smallest absolute Gasteiger partial charge is 0.485 e. The molecule has 0 aliphatic heterocycles. The number of halogens is 3. The lowest BCUT2D eigenvalue weighted by Crippen LogP contribution is -2.48. The van der Waals surface area contributed by atoms with Crippen molar-refractivity contribution in [1.82, 2.24) is 0 Å². The van der Waals surface area contributed by atoms with Crippen molar-refractivity contribution in [1.29, 1.82) is 0 Å². The molecule has 0 N–H and O–H groups in total. The predicted octanol–water partition coefficient (Wildman–Crippen LogP) is 3.04. The van der Waals surface area contributed by atoms with Gasteiger partial charge in [-0.1, -0.05) is 50.0 Å². The first kappa shape index (κ1) is 23.2. The van der Waals surface area contributed by atoms with Crippen LogP contribution in [0.1, 0.15) is 10.4 Å². The number of carbonyl (C=O) groups excluding carboxylic acids is 1. The van der Waals surface area contributed by atoms with E-state index in [1.807, 2.05) is 30.3 Å².